The standard InChI is InChI=1S/C25H27N7O5S/c1-31(25-26-13-17(14-27-25)24(34)30-35)15-19-12-20-21(38-19)23(32-5-8-36-9-6-32)29-22(28-20)16-3-2-4-18(11-16)37-10-7-33/h2-4,11-14,33,35H,5-10,15H2,1H3,(H,30,34). The van der Waals surface area contributed by atoms with Crippen molar-refractivity contribution in [1.82, 2.24) is 25.4 Å². The van der Waals surface area contributed by atoms with Crippen LogP contribution in [0.2, 0.25) is 0 Å². The molecule has 0 spiro atoms. The van der Waals surface area contributed by atoms with E-state index >= 15 is 0 Å². The van der Waals surface area contributed by atoms with Gasteiger partial charge < -0.3 is 24.4 Å². The van der Waals surface area contributed by atoms with Crippen LogP contribution in [0.3, 0.4) is 0 Å². The molecule has 1 aliphatic heterocycles. The minimum Gasteiger partial charge on any atom is -0.491 e. The van der Waals surface area contributed by atoms with E-state index in [0.717, 1.165) is 39.6 Å². The predicted molar refractivity (Wildman–Crippen MR) is 142 cm³/mol. The molecule has 198 valence electrons. The van der Waals surface area contributed by atoms with Crippen molar-refractivity contribution < 1.29 is 24.6 Å². The zero-order valence-electron chi connectivity index (χ0n) is 20.7. The molecule has 1 amide bonds. The SMILES string of the molecule is CN(Cc1cc2nc(-c3cccc(OCCO)c3)nc(N3CCOCC3)c2s1)c1ncc(C(=O)NO)cn1. The molecule has 38 heavy (non-hydrogen) atoms. The van der Waals surface area contributed by atoms with Crippen molar-refractivity contribution in [3.05, 3.63) is 53.2 Å². The quantitative estimate of drug-likeness (QED) is 0.213. The number of aromatic nitrogens is 4. The molecule has 0 unspecified atom stereocenters. The Morgan fingerprint density at radius 2 is 2.00 bits per heavy atom. The van der Waals surface area contributed by atoms with Crippen molar-refractivity contribution in [2.45, 2.75) is 6.54 Å². The molecule has 4 heterocycles. The number of nitrogens with zero attached hydrogens (tertiary/aromatic N) is 6. The summed E-state index contributed by atoms with van der Waals surface area (Å²) in [5, 5.41) is 17.9. The summed E-state index contributed by atoms with van der Waals surface area (Å²) in [4.78, 5) is 35.0. The maximum atomic E-state index is 11.5. The lowest BCUT2D eigenvalue weighted by atomic mass is 10.2. The number of amides is 1. The van der Waals surface area contributed by atoms with Crippen molar-refractivity contribution in [3.8, 4) is 17.1 Å². The van der Waals surface area contributed by atoms with Gasteiger partial charge in [-0.15, -0.1) is 11.3 Å². The Balaban J connectivity index is 1.47. The number of fused-ring (bicyclic) bond motifs is 1. The summed E-state index contributed by atoms with van der Waals surface area (Å²) < 4.78 is 12.1. The van der Waals surface area contributed by atoms with Gasteiger partial charge in [-0.2, -0.15) is 0 Å². The molecule has 0 aliphatic carbocycles. The number of thiophene rings is 1. The highest BCUT2D eigenvalue weighted by Gasteiger charge is 2.21. The molecule has 5 rings (SSSR count). The molecule has 1 fully saturated rings. The third-order valence-corrected chi connectivity index (χ3v) is 7.01. The molecule has 1 aliphatic rings. The van der Waals surface area contributed by atoms with E-state index in [1.54, 1.807) is 16.8 Å². The van der Waals surface area contributed by atoms with Crippen molar-refractivity contribution in [3.63, 3.8) is 0 Å². The predicted octanol–water partition coefficient (Wildman–Crippen LogP) is 2.11. The molecular formula is C25H27N7O5S. The summed E-state index contributed by atoms with van der Waals surface area (Å²) >= 11 is 1.62. The number of morpholine rings is 1. The normalized spacial score (nSPS) is 13.5. The summed E-state index contributed by atoms with van der Waals surface area (Å²) in [6.45, 7) is 3.41. The number of ether oxygens (including phenoxy) is 2. The Morgan fingerprint density at radius 1 is 1.21 bits per heavy atom. The number of hydrogen-bond donors (Lipinski definition) is 3. The minimum absolute atomic E-state index is 0.0623. The van der Waals surface area contributed by atoms with E-state index in [2.05, 4.69) is 14.9 Å². The smallest absolute Gasteiger partial charge is 0.277 e. The summed E-state index contributed by atoms with van der Waals surface area (Å²) in [6.07, 6.45) is 2.73. The first kappa shape index (κ1) is 25.7. The lowest BCUT2D eigenvalue weighted by Crippen LogP contribution is -2.36. The largest absolute Gasteiger partial charge is 0.491 e. The molecule has 0 bridgehead atoms. The van der Waals surface area contributed by atoms with Gasteiger partial charge in [0.1, 0.15) is 12.4 Å². The van der Waals surface area contributed by atoms with E-state index in [4.69, 9.17) is 29.8 Å². The van der Waals surface area contributed by atoms with Gasteiger partial charge in [0.05, 0.1) is 42.1 Å². The van der Waals surface area contributed by atoms with Crippen molar-refractivity contribution >= 4 is 39.2 Å². The van der Waals surface area contributed by atoms with E-state index < -0.39 is 5.91 Å². The molecule has 3 N–H and O–H groups in total. The van der Waals surface area contributed by atoms with Gasteiger partial charge in [0, 0.05) is 43.0 Å². The third-order valence-electron chi connectivity index (χ3n) is 5.90. The van der Waals surface area contributed by atoms with Crippen molar-refractivity contribution in [2.24, 2.45) is 0 Å². The van der Waals surface area contributed by atoms with Crippen LogP contribution in [-0.4, -0.2) is 82.7 Å². The summed E-state index contributed by atoms with van der Waals surface area (Å²) in [5.74, 6) is 1.87. The van der Waals surface area contributed by atoms with Crippen LogP contribution in [0, 0.1) is 0 Å². The molecular weight excluding hydrogens is 510 g/mol. The number of carbonyl (C=O) groups is 1. The first-order valence-corrected chi connectivity index (χ1v) is 12.8. The van der Waals surface area contributed by atoms with Gasteiger partial charge in [-0.1, -0.05) is 12.1 Å². The van der Waals surface area contributed by atoms with E-state index in [9.17, 15) is 4.79 Å². The monoisotopic (exact) mass is 537 g/mol. The average molecular weight is 538 g/mol. The highest BCUT2D eigenvalue weighted by atomic mass is 32.1. The first-order chi connectivity index (χ1) is 18.6. The van der Waals surface area contributed by atoms with Crippen molar-refractivity contribution in [1.29, 1.82) is 0 Å². The maximum Gasteiger partial charge on any atom is 0.277 e. The number of aliphatic hydroxyl groups is 1. The molecule has 1 saturated heterocycles. The second-order valence-corrected chi connectivity index (χ2v) is 9.70. The number of carbonyl (C=O) groups excluding carboxylic acids is 1. The number of nitrogens with one attached hydrogen (secondary N) is 1. The van der Waals surface area contributed by atoms with Crippen LogP contribution < -0.4 is 20.0 Å². The zero-order valence-corrected chi connectivity index (χ0v) is 21.5. The van der Waals surface area contributed by atoms with Gasteiger partial charge in [-0.25, -0.2) is 25.4 Å². The lowest BCUT2D eigenvalue weighted by Gasteiger charge is -2.28. The minimum atomic E-state index is -0.667. The fourth-order valence-electron chi connectivity index (χ4n) is 4.05. The van der Waals surface area contributed by atoms with Crippen LogP contribution >= 0.6 is 11.3 Å². The Kier molecular flexibility index (Phi) is 7.89. The van der Waals surface area contributed by atoms with Gasteiger partial charge >= 0.3 is 0 Å². The Bertz CT molecular complexity index is 1410. The molecule has 3 aromatic heterocycles. The molecule has 13 heteroatoms. The van der Waals surface area contributed by atoms with E-state index in [1.165, 1.54) is 12.4 Å². The van der Waals surface area contributed by atoms with Crippen LogP contribution in [-0.2, 0) is 11.3 Å². The zero-order chi connectivity index (χ0) is 26.5. The maximum absolute atomic E-state index is 11.5. The highest BCUT2D eigenvalue weighted by Crippen LogP contribution is 2.35. The van der Waals surface area contributed by atoms with Crippen LogP contribution in [0.25, 0.3) is 21.6 Å². The fraction of sp³-hybridized carbons (Fsp3) is 0.320. The summed E-state index contributed by atoms with van der Waals surface area (Å²) in [7, 11) is 1.86. The van der Waals surface area contributed by atoms with E-state index in [-0.39, 0.29) is 18.8 Å². The highest BCUT2D eigenvalue weighted by molar-refractivity contribution is 7.19. The van der Waals surface area contributed by atoms with Crippen LogP contribution in [0.1, 0.15) is 15.2 Å². The average Bonchev–Trinajstić information content (AvgIpc) is 3.38. The Morgan fingerprint density at radius 3 is 2.74 bits per heavy atom. The molecule has 12 nitrogen and oxygen atoms in total. The number of aliphatic hydroxyl groups excluding tert-OH is 1. The van der Waals surface area contributed by atoms with Crippen LogP contribution in [0.4, 0.5) is 11.8 Å². The van der Waals surface area contributed by atoms with Gasteiger partial charge in [-0.3, -0.25) is 10.0 Å². The molecule has 0 atom stereocenters. The number of benzene rings is 1. The van der Waals surface area contributed by atoms with Gasteiger partial charge in [0.15, 0.2) is 11.6 Å². The lowest BCUT2D eigenvalue weighted by molar-refractivity contribution is 0.0705. The number of hydrogen-bond acceptors (Lipinski definition) is 12. The topological polar surface area (TPSA) is 146 Å². The second-order valence-electron chi connectivity index (χ2n) is 8.57. The Hall–Kier alpha value is -3.91. The second kappa shape index (κ2) is 11.6. The number of rotatable bonds is 9. The molecule has 0 saturated carbocycles. The molecule has 0 radical (unpaired) electrons. The van der Waals surface area contributed by atoms with Gasteiger partial charge in [0.25, 0.3) is 5.91 Å². The summed E-state index contributed by atoms with van der Waals surface area (Å²) in [6, 6.07) is 9.58. The fourth-order valence-corrected chi connectivity index (χ4v) is 5.22. The van der Waals surface area contributed by atoms with Gasteiger partial charge in [-0.05, 0) is 18.2 Å². The van der Waals surface area contributed by atoms with Crippen LogP contribution in [0.5, 0.6) is 5.75 Å². The first-order valence-electron chi connectivity index (χ1n) is 12.0. The summed E-state index contributed by atoms with van der Waals surface area (Å²) in [5.41, 5.74) is 3.39. The molecule has 4 aromatic rings. The number of hydroxylamine groups is 1. The van der Waals surface area contributed by atoms with Crippen molar-refractivity contribution in [2.75, 3.05) is 56.4 Å². The van der Waals surface area contributed by atoms with E-state index in [1.807, 2.05) is 42.3 Å². The molecule has 1 aromatic carbocycles. The number of anilines is 2. The van der Waals surface area contributed by atoms with Gasteiger partial charge in [0.2, 0.25) is 5.95 Å². The van der Waals surface area contributed by atoms with Crippen LogP contribution in [0.15, 0.2) is 42.7 Å². The third kappa shape index (κ3) is 5.65. The van der Waals surface area contributed by atoms with E-state index in [0.29, 0.717) is 37.3 Å². The Labute approximate surface area is 222 Å².